The number of ether oxygens (including phenoxy) is 5. The lowest BCUT2D eigenvalue weighted by molar-refractivity contribution is -0.130. The van der Waals surface area contributed by atoms with Crippen LogP contribution in [-0.4, -0.2) is 267 Å². The van der Waals surface area contributed by atoms with Gasteiger partial charge in [-0.25, -0.2) is 48.9 Å². The molecule has 7 saturated heterocycles. The molecule has 0 saturated carbocycles. The van der Waals surface area contributed by atoms with E-state index in [1.54, 1.807) is 106 Å². The second kappa shape index (κ2) is 34.9. The molecule has 0 aliphatic carbocycles. The summed E-state index contributed by atoms with van der Waals surface area (Å²) < 4.78 is 22.7. The SMILES string of the molecule is C=C1C(=O)N(C)C(=NC)N1C.C=C1C(=O)N(C)C(=S)N1C.C=C1C(=S)N(C)C(=O)N1C.C=C1N=C(C)N(C)C1=O.C=C1N=C(C)OC1=O.C=C1N=C2C(C)=C(C)C(C)=C(C)N2C1=O.C=C1OC(=NC)N(C)C1=O.C=C1OC(=O)N(C)C1=O.C=C1OC(=O)N(C)C1=O.C=C1OC(=S)N(C)C1=O. The van der Waals surface area contributed by atoms with Gasteiger partial charge in [-0.3, -0.25) is 82.5 Å². The number of urea groups is 1. The van der Waals surface area contributed by atoms with Crippen molar-refractivity contribution in [3.8, 4) is 0 Å². The number of cyclic esters (lactones) is 3. The highest BCUT2D eigenvalue weighted by atomic mass is 32.1. The predicted octanol–water partition coefficient (Wildman–Crippen LogP) is 4.62. The molecule has 12 amide bonds. The van der Waals surface area contributed by atoms with Gasteiger partial charge in [-0.15, -0.1) is 0 Å². The van der Waals surface area contributed by atoms with Crippen molar-refractivity contribution in [2.24, 2.45) is 25.0 Å². The standard InChI is InChI=1S/C12H14N2O.C7H11N3O.C6H8N2O2.2C6H8N2OS.C6H8N2O.2C5H5NO3.C5H5NO2S.C5H5NO2/c1-6-7(2)10(5)14-11(8(6)3)13-9(4)12(14)15;1-5-6(11)10(4)7(8-2)9(5)3;1-4-5(9)8(3)6(7-2)10-4;1-4-5(10)8(3)6(9)7(4)2;1-4-5(9)8(3)6(10)7(4)2;1-4-6(9)8(3)5(2)7-4;2*1-3-4(7)6(2)5(8)9-3;1-3-4(7)6(2)5(9)8-3;1-3-5(7)8-4(2)6-3/h4H2,1-3,5H3;1H2,2-4H3;3*1H2,2-3H3;1H2,2-3H3;3*1H2,2H3;1H2,2H3. The number of likely N-dealkylation sites (N-methyl/N-ethyl adjacent to an activating group) is 11. The molecular formula is C63H77N17O17S3. The van der Waals surface area contributed by atoms with Gasteiger partial charge >= 0.3 is 24.2 Å². The van der Waals surface area contributed by atoms with Gasteiger partial charge in [-0.05, 0) is 88.9 Å². The molecule has 0 aromatic rings. The molecule has 34 nitrogen and oxygen atoms in total. The molecule has 0 N–H and O–H groups in total. The highest BCUT2D eigenvalue weighted by molar-refractivity contribution is 7.81. The van der Waals surface area contributed by atoms with Crippen LogP contribution in [0.15, 0.2) is 170 Å². The maximum Gasteiger partial charge on any atom is 0.422 e. The highest BCUT2D eigenvalue weighted by Crippen LogP contribution is 2.33. The molecule has 0 aromatic carbocycles. The minimum absolute atomic E-state index is 0.0897. The van der Waals surface area contributed by atoms with Gasteiger partial charge in [0.25, 0.3) is 58.5 Å². The Hall–Kier alpha value is -11.9. The van der Waals surface area contributed by atoms with E-state index in [0.717, 1.165) is 32.5 Å². The van der Waals surface area contributed by atoms with E-state index in [-0.39, 0.29) is 75.4 Å². The van der Waals surface area contributed by atoms with E-state index in [0.29, 0.717) is 62.3 Å². The first-order chi connectivity index (χ1) is 46.0. The number of hydrogen-bond acceptors (Lipinski definition) is 25. The number of imide groups is 2. The molecule has 534 valence electrons. The zero-order valence-electron chi connectivity index (χ0n) is 58.8. The zero-order chi connectivity index (χ0) is 77.6. The van der Waals surface area contributed by atoms with Crippen molar-refractivity contribution < 1.29 is 81.2 Å². The monoisotopic (exact) mass is 1440 g/mol. The summed E-state index contributed by atoms with van der Waals surface area (Å²) in [6.45, 7) is 45.8. The van der Waals surface area contributed by atoms with Crippen molar-refractivity contribution in [3.05, 3.63) is 145 Å². The number of thiocarbonyl (C=S) groups is 3. The summed E-state index contributed by atoms with van der Waals surface area (Å²) in [6.07, 6.45) is -1.32. The number of amidine groups is 3. The number of esters is 1. The van der Waals surface area contributed by atoms with Crippen LogP contribution in [0.3, 0.4) is 0 Å². The van der Waals surface area contributed by atoms with E-state index in [4.69, 9.17) is 33.9 Å². The Bertz CT molecular complexity index is 3820. The molecule has 0 spiro atoms. The lowest BCUT2D eigenvalue weighted by Crippen LogP contribution is -2.34. The molecular weight excluding hydrogens is 1360 g/mol. The second-order valence-corrected chi connectivity index (χ2v) is 22.1. The number of carbonyl (C=O) groups is 12. The second-order valence-electron chi connectivity index (χ2n) is 21.0. The van der Waals surface area contributed by atoms with E-state index in [2.05, 4.69) is 124 Å². The number of carbonyl (C=O) groups excluding carboxylic acids is 12. The van der Waals surface area contributed by atoms with Gasteiger partial charge in [0.05, 0.1) is 5.70 Å². The summed E-state index contributed by atoms with van der Waals surface area (Å²) in [7, 11) is 20.8. The van der Waals surface area contributed by atoms with E-state index in [1.165, 1.54) is 54.0 Å². The van der Waals surface area contributed by atoms with Crippen molar-refractivity contribution in [1.82, 2.24) is 58.8 Å². The number of fused-ring (bicyclic) bond motifs is 1. The minimum Gasteiger partial charge on any atom is -0.426 e. The van der Waals surface area contributed by atoms with E-state index in [9.17, 15) is 57.5 Å². The molecule has 7 fully saturated rings. The zero-order valence-corrected chi connectivity index (χ0v) is 61.3. The number of rotatable bonds is 0. The van der Waals surface area contributed by atoms with Crippen LogP contribution >= 0.6 is 36.7 Å². The fourth-order valence-corrected chi connectivity index (χ4v) is 8.36. The lowest BCUT2D eigenvalue weighted by Gasteiger charge is -2.27. The number of hydrogen-bond donors (Lipinski definition) is 0. The minimum atomic E-state index is -0.662. The molecule has 100 heavy (non-hydrogen) atoms. The Kier molecular flexibility index (Phi) is 29.4. The van der Waals surface area contributed by atoms with Gasteiger partial charge in [-0.1, -0.05) is 64.8 Å². The number of nitrogens with zero attached hydrogens (tertiary/aromatic N) is 17. The van der Waals surface area contributed by atoms with Crippen LogP contribution in [0, 0.1) is 0 Å². The summed E-state index contributed by atoms with van der Waals surface area (Å²) in [5, 5.41) is 0.681. The first-order valence-corrected chi connectivity index (χ1v) is 29.6. The number of amides is 12. The predicted molar refractivity (Wildman–Crippen MR) is 380 cm³/mol. The van der Waals surface area contributed by atoms with Crippen molar-refractivity contribution >= 4 is 153 Å². The largest absolute Gasteiger partial charge is 0.426 e. The molecule has 0 unspecified atom stereocenters. The first-order valence-electron chi connectivity index (χ1n) is 28.3. The Morgan fingerprint density at radius 2 is 0.810 bits per heavy atom. The van der Waals surface area contributed by atoms with Crippen LogP contribution in [-0.2, 0) is 66.8 Å². The van der Waals surface area contributed by atoms with Crippen molar-refractivity contribution in [3.63, 3.8) is 0 Å². The third-order valence-electron chi connectivity index (χ3n) is 14.5. The molecule has 11 aliphatic heterocycles. The average Bonchev–Trinajstić information content (AvgIpc) is 1.52. The van der Waals surface area contributed by atoms with Gasteiger partial charge in [0.2, 0.25) is 5.96 Å². The summed E-state index contributed by atoms with van der Waals surface area (Å²) >= 11 is 14.4. The van der Waals surface area contributed by atoms with E-state index >= 15 is 0 Å². The van der Waals surface area contributed by atoms with Crippen LogP contribution < -0.4 is 0 Å². The summed E-state index contributed by atoms with van der Waals surface area (Å²) in [4.78, 5) is 166. The Labute approximate surface area is 593 Å². The summed E-state index contributed by atoms with van der Waals surface area (Å²) in [5.41, 5.74) is 6.71. The highest BCUT2D eigenvalue weighted by Gasteiger charge is 2.38. The van der Waals surface area contributed by atoms with Crippen LogP contribution in [0.1, 0.15) is 41.5 Å². The van der Waals surface area contributed by atoms with Crippen LogP contribution in [0.25, 0.3) is 0 Å². The number of guanidine groups is 1. The average molecular weight is 1440 g/mol. The fraction of sp³-hybridized carbons (Fsp3) is 0.302. The van der Waals surface area contributed by atoms with Crippen LogP contribution in [0.2, 0.25) is 0 Å². The van der Waals surface area contributed by atoms with Crippen molar-refractivity contribution in [2.75, 3.05) is 91.6 Å². The Morgan fingerprint density at radius 1 is 0.370 bits per heavy atom. The van der Waals surface area contributed by atoms with Crippen LogP contribution in [0.5, 0.6) is 0 Å². The van der Waals surface area contributed by atoms with Gasteiger partial charge in [0.15, 0.2) is 34.0 Å². The molecule has 11 aliphatic rings. The normalized spacial score (nSPS) is 19.9. The van der Waals surface area contributed by atoms with E-state index in [1.807, 2.05) is 20.8 Å². The molecule has 0 bridgehead atoms. The topological polar surface area (TPSA) is 352 Å². The number of allylic oxidation sites excluding steroid dienone is 3. The summed E-state index contributed by atoms with van der Waals surface area (Å²) in [6, 6.07) is 0.185. The fourth-order valence-electron chi connectivity index (χ4n) is 7.77. The van der Waals surface area contributed by atoms with Crippen molar-refractivity contribution in [2.45, 2.75) is 41.5 Å². The smallest absolute Gasteiger partial charge is 0.422 e. The third-order valence-corrected chi connectivity index (χ3v) is 15.9. The van der Waals surface area contributed by atoms with Gasteiger partial charge in [0, 0.05) is 104 Å². The molecule has 0 aromatic heterocycles. The molecule has 11 rings (SSSR count). The van der Waals surface area contributed by atoms with Crippen LogP contribution in [0.4, 0.5) is 14.4 Å². The first kappa shape index (κ1) is 84.2. The van der Waals surface area contributed by atoms with Gasteiger partial charge in [-0.2, -0.15) is 0 Å². The molecule has 0 atom stereocenters. The van der Waals surface area contributed by atoms with E-state index < -0.39 is 30.0 Å². The Balaban J connectivity index is 0.000000380. The maximum absolute atomic E-state index is 11.8. The molecule has 0 radical (unpaired) electrons. The number of aliphatic imine (C=N–C) groups is 5. The maximum atomic E-state index is 11.8. The third kappa shape index (κ3) is 19.2. The van der Waals surface area contributed by atoms with Gasteiger partial charge < -0.3 is 33.5 Å². The summed E-state index contributed by atoms with van der Waals surface area (Å²) in [5.74, 6) is 0.177. The van der Waals surface area contributed by atoms with Crippen molar-refractivity contribution in [1.29, 1.82) is 0 Å². The Morgan fingerprint density at radius 3 is 1.00 bits per heavy atom. The lowest BCUT2D eigenvalue weighted by atomic mass is 9.96. The quantitative estimate of drug-likeness (QED) is 0.138. The van der Waals surface area contributed by atoms with Gasteiger partial charge in [0.1, 0.15) is 45.1 Å². The molecule has 11 heterocycles. The molecule has 37 heteroatoms.